The normalized spacial score (nSPS) is 11.8. The van der Waals surface area contributed by atoms with Crippen LogP contribution >= 0.6 is 11.5 Å². The highest BCUT2D eigenvalue weighted by atomic mass is 32.1. The molecular weight excluding hydrogens is 260 g/mol. The van der Waals surface area contributed by atoms with Gasteiger partial charge in [-0.25, -0.2) is 9.59 Å². The molecule has 1 aromatic rings. The third-order valence-corrected chi connectivity index (χ3v) is 2.62. The lowest BCUT2D eigenvalue weighted by atomic mass is 10.1. The minimum absolute atomic E-state index is 0.303. The van der Waals surface area contributed by atoms with Crippen LogP contribution in [0.5, 0.6) is 0 Å². The van der Waals surface area contributed by atoms with Crippen LogP contribution in [0.15, 0.2) is 6.20 Å². The van der Waals surface area contributed by atoms with Crippen molar-refractivity contribution in [3.05, 3.63) is 6.20 Å². The Balaban J connectivity index is 2.40. The topological polar surface area (TPSA) is 113 Å². The molecule has 8 nitrogen and oxygen atoms in total. The largest absolute Gasteiger partial charge is 0.480 e. The van der Waals surface area contributed by atoms with Crippen molar-refractivity contribution >= 4 is 28.5 Å². The van der Waals surface area contributed by atoms with Gasteiger partial charge in [-0.15, -0.1) is 5.10 Å². The fourth-order valence-electron chi connectivity index (χ4n) is 1.22. The fourth-order valence-corrected chi connectivity index (χ4v) is 1.63. The first-order valence-electron chi connectivity index (χ1n) is 5.20. The first-order chi connectivity index (χ1) is 8.63. The van der Waals surface area contributed by atoms with E-state index in [1.807, 2.05) is 0 Å². The number of methoxy groups -OCH3 is 1. The molecule has 0 aliphatic rings. The highest BCUT2D eigenvalue weighted by molar-refractivity contribution is 7.10. The number of ether oxygens (including phenoxy) is 1. The summed E-state index contributed by atoms with van der Waals surface area (Å²) in [6.45, 7) is 0.450. The van der Waals surface area contributed by atoms with Crippen molar-refractivity contribution in [3.8, 4) is 0 Å². The van der Waals surface area contributed by atoms with E-state index in [0.29, 0.717) is 24.4 Å². The van der Waals surface area contributed by atoms with Gasteiger partial charge >= 0.3 is 12.0 Å². The minimum atomic E-state index is -1.08. The Morgan fingerprint density at radius 2 is 2.39 bits per heavy atom. The number of carboxylic acids is 1. The summed E-state index contributed by atoms with van der Waals surface area (Å²) in [5, 5.41) is 17.7. The zero-order chi connectivity index (χ0) is 13.4. The van der Waals surface area contributed by atoms with Crippen LogP contribution in [0.25, 0.3) is 0 Å². The molecule has 1 heterocycles. The summed E-state index contributed by atoms with van der Waals surface area (Å²) in [5.74, 6) is -1.08. The molecule has 0 saturated carbocycles. The number of nitrogens with one attached hydrogen (secondary N) is 2. The Labute approximate surface area is 108 Å². The van der Waals surface area contributed by atoms with E-state index in [1.54, 1.807) is 0 Å². The Hall–Kier alpha value is -1.74. The van der Waals surface area contributed by atoms with Crippen LogP contribution in [-0.2, 0) is 9.53 Å². The van der Waals surface area contributed by atoms with E-state index in [0.717, 1.165) is 11.5 Å². The van der Waals surface area contributed by atoms with Gasteiger partial charge in [-0.1, -0.05) is 4.49 Å². The number of nitrogens with zero attached hydrogens (tertiary/aromatic N) is 2. The van der Waals surface area contributed by atoms with Crippen LogP contribution in [0.3, 0.4) is 0 Å². The number of carbonyl (C=O) groups excluding carboxylic acids is 1. The molecule has 0 saturated heterocycles. The summed E-state index contributed by atoms with van der Waals surface area (Å²) in [7, 11) is 1.53. The maximum atomic E-state index is 11.5. The van der Waals surface area contributed by atoms with Gasteiger partial charge in [0.05, 0.1) is 6.20 Å². The van der Waals surface area contributed by atoms with Gasteiger partial charge < -0.3 is 15.2 Å². The van der Waals surface area contributed by atoms with Gasteiger partial charge in [0.1, 0.15) is 11.0 Å². The summed E-state index contributed by atoms with van der Waals surface area (Å²) >= 11 is 1.01. The van der Waals surface area contributed by atoms with Crippen molar-refractivity contribution in [2.75, 3.05) is 19.0 Å². The molecule has 0 aliphatic heterocycles. The minimum Gasteiger partial charge on any atom is -0.480 e. The van der Waals surface area contributed by atoms with Crippen molar-refractivity contribution in [3.63, 3.8) is 0 Å². The second-order valence-corrected chi connectivity index (χ2v) is 4.19. The molecule has 1 aromatic heterocycles. The van der Waals surface area contributed by atoms with Gasteiger partial charge in [0.25, 0.3) is 0 Å². The van der Waals surface area contributed by atoms with E-state index in [2.05, 4.69) is 20.2 Å². The number of aromatic nitrogens is 2. The molecule has 100 valence electrons. The van der Waals surface area contributed by atoms with Crippen molar-refractivity contribution in [2.45, 2.75) is 18.9 Å². The highest BCUT2D eigenvalue weighted by Crippen LogP contribution is 2.08. The molecule has 18 heavy (non-hydrogen) atoms. The maximum absolute atomic E-state index is 11.5. The molecule has 0 aliphatic carbocycles. The lowest BCUT2D eigenvalue weighted by Crippen LogP contribution is -2.43. The Morgan fingerprint density at radius 3 is 2.94 bits per heavy atom. The lowest BCUT2D eigenvalue weighted by Gasteiger charge is -2.14. The lowest BCUT2D eigenvalue weighted by molar-refractivity contribution is -0.139. The molecule has 0 fully saturated rings. The SMILES string of the molecule is COCCCC(NC(=O)Nc1cnns1)C(=O)O. The fraction of sp³-hybridized carbons (Fsp3) is 0.556. The molecule has 0 aromatic carbocycles. The van der Waals surface area contributed by atoms with Crippen LogP contribution in [0.2, 0.25) is 0 Å². The quantitative estimate of drug-likeness (QED) is 0.625. The monoisotopic (exact) mass is 274 g/mol. The smallest absolute Gasteiger partial charge is 0.326 e. The Morgan fingerprint density at radius 1 is 1.61 bits per heavy atom. The van der Waals surface area contributed by atoms with Crippen LogP contribution < -0.4 is 10.6 Å². The number of hydrogen-bond acceptors (Lipinski definition) is 6. The van der Waals surface area contributed by atoms with Crippen LogP contribution in [0.4, 0.5) is 9.80 Å². The summed E-state index contributed by atoms with van der Waals surface area (Å²) < 4.78 is 8.39. The van der Waals surface area contributed by atoms with Crippen LogP contribution in [0, 0.1) is 0 Å². The molecule has 3 N–H and O–H groups in total. The van der Waals surface area contributed by atoms with Crippen molar-refractivity contribution in [2.24, 2.45) is 0 Å². The van der Waals surface area contributed by atoms with Gasteiger partial charge in [-0.05, 0) is 12.8 Å². The molecule has 2 amide bonds. The number of rotatable bonds is 7. The second kappa shape index (κ2) is 7.56. The standard InChI is InChI=1S/C9H14N4O4S/c1-17-4-2-3-6(8(14)15)11-9(16)12-7-5-10-13-18-7/h5-6H,2-4H2,1H3,(H,14,15)(H2,11,12,16). The summed E-state index contributed by atoms with van der Waals surface area (Å²) in [6.07, 6.45) is 2.23. The number of hydrogen-bond donors (Lipinski definition) is 3. The van der Waals surface area contributed by atoms with Gasteiger partial charge in [0, 0.05) is 25.2 Å². The van der Waals surface area contributed by atoms with Crippen molar-refractivity contribution in [1.29, 1.82) is 0 Å². The zero-order valence-electron chi connectivity index (χ0n) is 9.75. The third-order valence-electron chi connectivity index (χ3n) is 2.04. The summed E-state index contributed by atoms with van der Waals surface area (Å²) in [5.41, 5.74) is 0. The first kappa shape index (κ1) is 14.3. The molecule has 0 spiro atoms. The van der Waals surface area contributed by atoms with Gasteiger partial charge in [-0.2, -0.15) is 0 Å². The predicted molar refractivity (Wildman–Crippen MR) is 64.6 cm³/mol. The Bertz CT molecular complexity index is 384. The summed E-state index contributed by atoms with van der Waals surface area (Å²) in [6, 6.07) is -1.54. The molecule has 1 atom stereocenters. The number of urea groups is 1. The predicted octanol–water partition coefficient (Wildman–Crippen LogP) is 0.539. The Kier molecular flexibility index (Phi) is 6.01. The van der Waals surface area contributed by atoms with Gasteiger partial charge in [0.2, 0.25) is 0 Å². The van der Waals surface area contributed by atoms with Crippen molar-refractivity contribution < 1.29 is 19.4 Å². The number of aliphatic carboxylic acids is 1. The van der Waals surface area contributed by atoms with E-state index >= 15 is 0 Å². The average molecular weight is 274 g/mol. The van der Waals surface area contributed by atoms with Crippen molar-refractivity contribution in [1.82, 2.24) is 14.9 Å². The van der Waals surface area contributed by atoms with E-state index in [4.69, 9.17) is 9.84 Å². The van der Waals surface area contributed by atoms with Gasteiger partial charge in [-0.3, -0.25) is 5.32 Å². The molecule has 9 heteroatoms. The van der Waals surface area contributed by atoms with E-state index in [1.165, 1.54) is 13.3 Å². The molecule has 0 bridgehead atoms. The first-order valence-corrected chi connectivity index (χ1v) is 5.97. The zero-order valence-corrected chi connectivity index (χ0v) is 10.6. The molecule has 0 radical (unpaired) electrons. The van der Waals surface area contributed by atoms with Gasteiger partial charge in [0.15, 0.2) is 0 Å². The number of carbonyl (C=O) groups is 2. The number of anilines is 1. The highest BCUT2D eigenvalue weighted by Gasteiger charge is 2.19. The maximum Gasteiger partial charge on any atom is 0.326 e. The summed E-state index contributed by atoms with van der Waals surface area (Å²) in [4.78, 5) is 22.4. The van der Waals surface area contributed by atoms with E-state index in [-0.39, 0.29) is 0 Å². The molecular formula is C9H14N4O4S. The van der Waals surface area contributed by atoms with E-state index < -0.39 is 18.0 Å². The average Bonchev–Trinajstić information content (AvgIpc) is 2.80. The van der Waals surface area contributed by atoms with Crippen LogP contribution in [-0.4, -0.2) is 46.5 Å². The third kappa shape index (κ3) is 5.06. The number of carboxylic acid groups (broad SMARTS) is 1. The molecule has 1 rings (SSSR count). The second-order valence-electron chi connectivity index (χ2n) is 3.41. The van der Waals surface area contributed by atoms with Crippen LogP contribution in [0.1, 0.15) is 12.8 Å². The molecule has 1 unspecified atom stereocenters. The van der Waals surface area contributed by atoms with E-state index in [9.17, 15) is 9.59 Å². The number of amides is 2.